The van der Waals surface area contributed by atoms with Crippen molar-refractivity contribution in [1.29, 1.82) is 0 Å². The first-order valence-corrected chi connectivity index (χ1v) is 7.82. The molecule has 1 amide bonds. The van der Waals surface area contributed by atoms with E-state index >= 15 is 0 Å². The number of methoxy groups -OCH3 is 2. The second kappa shape index (κ2) is 7.17. The number of ether oxygens (including phenoxy) is 2. The molecule has 0 N–H and O–H groups in total. The van der Waals surface area contributed by atoms with Gasteiger partial charge < -0.3 is 9.47 Å². The van der Waals surface area contributed by atoms with Crippen molar-refractivity contribution in [2.75, 3.05) is 14.2 Å². The highest BCUT2D eigenvalue weighted by molar-refractivity contribution is 6.08. The van der Waals surface area contributed by atoms with Gasteiger partial charge in [-0.05, 0) is 42.0 Å². The van der Waals surface area contributed by atoms with Crippen molar-refractivity contribution in [2.24, 2.45) is 5.10 Å². The number of esters is 1. The van der Waals surface area contributed by atoms with Gasteiger partial charge in [0.25, 0.3) is 5.91 Å². The number of amides is 1. The molecule has 1 heterocycles. The quantitative estimate of drug-likeness (QED) is 0.803. The molecule has 0 saturated heterocycles. The lowest BCUT2D eigenvalue weighted by molar-refractivity contribution is -0.145. The molecule has 0 bridgehead atoms. The summed E-state index contributed by atoms with van der Waals surface area (Å²) in [6.45, 7) is 0. The third-order valence-electron chi connectivity index (χ3n) is 4.04. The second-order valence-corrected chi connectivity index (χ2v) is 5.53. The number of hydrogen-bond donors (Lipinski definition) is 0. The molecule has 0 aliphatic carbocycles. The minimum Gasteiger partial charge on any atom is -0.497 e. The van der Waals surface area contributed by atoms with E-state index in [0.717, 1.165) is 11.3 Å². The second-order valence-electron chi connectivity index (χ2n) is 5.53. The summed E-state index contributed by atoms with van der Waals surface area (Å²) in [5.41, 5.74) is 1.96. The topological polar surface area (TPSA) is 68.2 Å². The van der Waals surface area contributed by atoms with E-state index in [9.17, 15) is 9.59 Å². The van der Waals surface area contributed by atoms with Crippen LogP contribution in [0, 0.1) is 0 Å². The van der Waals surface area contributed by atoms with Gasteiger partial charge >= 0.3 is 5.97 Å². The molecule has 2 aromatic carbocycles. The summed E-state index contributed by atoms with van der Waals surface area (Å²) in [5, 5.41) is 5.61. The molecule has 1 atom stereocenters. The molecule has 1 aliphatic rings. The maximum absolute atomic E-state index is 12.7. The average molecular weight is 338 g/mol. The van der Waals surface area contributed by atoms with Gasteiger partial charge in [-0.15, -0.1) is 0 Å². The van der Waals surface area contributed by atoms with E-state index in [2.05, 4.69) is 5.10 Å². The average Bonchev–Trinajstić information content (AvgIpc) is 3.13. The predicted molar refractivity (Wildman–Crippen MR) is 92.6 cm³/mol. The van der Waals surface area contributed by atoms with E-state index in [1.54, 1.807) is 31.4 Å². The molecule has 0 radical (unpaired) electrons. The van der Waals surface area contributed by atoms with Gasteiger partial charge in [-0.1, -0.05) is 18.2 Å². The van der Waals surface area contributed by atoms with Crippen LogP contribution >= 0.6 is 0 Å². The lowest BCUT2D eigenvalue weighted by atomic mass is 10.0. The van der Waals surface area contributed by atoms with E-state index in [4.69, 9.17) is 9.47 Å². The standard InChI is InChI=1S/C19H18N2O4/c1-24-15-10-8-13(9-11-15)16-12-17(19(23)25-2)21(20-16)18(22)14-6-4-3-5-7-14/h3-11,17H,12H2,1-2H3. The zero-order valence-corrected chi connectivity index (χ0v) is 14.0. The van der Waals surface area contributed by atoms with Crippen LogP contribution in [0.3, 0.4) is 0 Å². The highest BCUT2D eigenvalue weighted by atomic mass is 16.5. The molecule has 1 aliphatic heterocycles. The molecule has 3 rings (SSSR count). The van der Waals surface area contributed by atoms with Gasteiger partial charge in [0.2, 0.25) is 0 Å². The Bertz CT molecular complexity index is 800. The van der Waals surface area contributed by atoms with Gasteiger partial charge in [0.05, 0.1) is 19.9 Å². The smallest absolute Gasteiger partial charge is 0.331 e. The van der Waals surface area contributed by atoms with Crippen molar-refractivity contribution < 1.29 is 19.1 Å². The Balaban J connectivity index is 1.92. The van der Waals surface area contributed by atoms with Crippen LogP contribution < -0.4 is 4.74 Å². The fraction of sp³-hybridized carbons (Fsp3) is 0.211. The highest BCUT2D eigenvalue weighted by Crippen LogP contribution is 2.24. The summed E-state index contributed by atoms with van der Waals surface area (Å²) in [5.74, 6) is -0.0971. The van der Waals surface area contributed by atoms with Crippen molar-refractivity contribution in [3.63, 3.8) is 0 Å². The Morgan fingerprint density at radius 2 is 1.72 bits per heavy atom. The van der Waals surface area contributed by atoms with Gasteiger partial charge in [0, 0.05) is 12.0 Å². The minimum absolute atomic E-state index is 0.303. The van der Waals surface area contributed by atoms with Gasteiger partial charge in [-0.2, -0.15) is 5.10 Å². The lowest BCUT2D eigenvalue weighted by Gasteiger charge is -2.19. The Morgan fingerprint density at radius 3 is 2.32 bits per heavy atom. The maximum Gasteiger partial charge on any atom is 0.331 e. The molecule has 0 spiro atoms. The van der Waals surface area contributed by atoms with Crippen LogP contribution in [-0.4, -0.2) is 42.9 Å². The number of benzene rings is 2. The van der Waals surface area contributed by atoms with Crippen LogP contribution in [0.5, 0.6) is 5.75 Å². The number of carbonyl (C=O) groups is 2. The molecule has 6 nitrogen and oxygen atoms in total. The first kappa shape index (κ1) is 16.7. The molecular formula is C19H18N2O4. The fourth-order valence-corrected chi connectivity index (χ4v) is 2.69. The zero-order valence-electron chi connectivity index (χ0n) is 14.0. The van der Waals surface area contributed by atoms with Crippen LogP contribution in [0.25, 0.3) is 0 Å². The van der Waals surface area contributed by atoms with Crippen LogP contribution in [0.15, 0.2) is 59.7 Å². The fourth-order valence-electron chi connectivity index (χ4n) is 2.69. The van der Waals surface area contributed by atoms with E-state index in [-0.39, 0.29) is 5.91 Å². The Labute approximate surface area is 145 Å². The summed E-state index contributed by atoms with van der Waals surface area (Å²) < 4.78 is 9.99. The summed E-state index contributed by atoms with van der Waals surface area (Å²) >= 11 is 0. The maximum atomic E-state index is 12.7. The molecule has 128 valence electrons. The van der Waals surface area contributed by atoms with Crippen molar-refractivity contribution in [2.45, 2.75) is 12.5 Å². The van der Waals surface area contributed by atoms with Crippen LogP contribution in [0.1, 0.15) is 22.3 Å². The first-order chi connectivity index (χ1) is 12.1. The number of rotatable bonds is 4. The summed E-state index contributed by atoms with van der Waals surface area (Å²) in [4.78, 5) is 24.9. The lowest BCUT2D eigenvalue weighted by Crippen LogP contribution is -2.39. The van der Waals surface area contributed by atoms with Gasteiger partial charge in [0.15, 0.2) is 6.04 Å². The van der Waals surface area contributed by atoms with Crippen LogP contribution in [0.2, 0.25) is 0 Å². The monoisotopic (exact) mass is 338 g/mol. The summed E-state index contributed by atoms with van der Waals surface area (Å²) in [7, 11) is 2.90. The zero-order chi connectivity index (χ0) is 17.8. The van der Waals surface area contributed by atoms with Crippen LogP contribution in [-0.2, 0) is 9.53 Å². The normalized spacial score (nSPS) is 16.3. The SMILES string of the molecule is COC(=O)C1CC(c2ccc(OC)cc2)=NN1C(=O)c1ccccc1. The van der Waals surface area contributed by atoms with Crippen LogP contribution in [0.4, 0.5) is 0 Å². The minimum atomic E-state index is -0.769. The summed E-state index contributed by atoms with van der Waals surface area (Å²) in [6, 6.07) is 15.3. The number of hydrazone groups is 1. The molecule has 0 fully saturated rings. The van der Waals surface area contributed by atoms with E-state index in [1.165, 1.54) is 12.1 Å². The third-order valence-corrected chi connectivity index (χ3v) is 4.04. The Hall–Kier alpha value is -3.15. The van der Waals surface area contributed by atoms with E-state index in [1.807, 2.05) is 30.3 Å². The van der Waals surface area contributed by atoms with E-state index in [0.29, 0.717) is 17.7 Å². The van der Waals surface area contributed by atoms with Crippen molar-refractivity contribution in [3.05, 3.63) is 65.7 Å². The molecule has 0 aromatic heterocycles. The Morgan fingerprint density at radius 1 is 1.04 bits per heavy atom. The van der Waals surface area contributed by atoms with Crippen molar-refractivity contribution >= 4 is 17.6 Å². The largest absolute Gasteiger partial charge is 0.497 e. The predicted octanol–water partition coefficient (Wildman–Crippen LogP) is 2.49. The molecule has 6 heteroatoms. The summed E-state index contributed by atoms with van der Waals surface area (Å²) in [6.07, 6.45) is 0.303. The molecule has 1 unspecified atom stereocenters. The van der Waals surface area contributed by atoms with Gasteiger partial charge in [-0.25, -0.2) is 9.80 Å². The van der Waals surface area contributed by atoms with Crippen molar-refractivity contribution in [1.82, 2.24) is 5.01 Å². The molecule has 25 heavy (non-hydrogen) atoms. The van der Waals surface area contributed by atoms with Gasteiger partial charge in [0.1, 0.15) is 5.75 Å². The van der Waals surface area contributed by atoms with Gasteiger partial charge in [-0.3, -0.25) is 4.79 Å². The number of hydrogen-bond acceptors (Lipinski definition) is 5. The van der Waals surface area contributed by atoms with E-state index < -0.39 is 12.0 Å². The Kier molecular flexibility index (Phi) is 4.79. The third kappa shape index (κ3) is 3.38. The molecule has 2 aromatic rings. The highest BCUT2D eigenvalue weighted by Gasteiger charge is 2.38. The molecular weight excluding hydrogens is 320 g/mol. The number of carbonyl (C=O) groups excluding carboxylic acids is 2. The molecule has 0 saturated carbocycles. The van der Waals surface area contributed by atoms with Crippen molar-refractivity contribution in [3.8, 4) is 5.75 Å². The first-order valence-electron chi connectivity index (χ1n) is 7.82. The number of nitrogens with zero attached hydrogens (tertiary/aromatic N) is 2.